The Labute approximate surface area is 150 Å². The first-order valence-corrected chi connectivity index (χ1v) is 9.50. The number of ether oxygens (including phenoxy) is 2. The van der Waals surface area contributed by atoms with Crippen LogP contribution in [0.15, 0.2) is 24.3 Å². The van der Waals surface area contributed by atoms with Gasteiger partial charge in [-0.2, -0.15) is 0 Å². The van der Waals surface area contributed by atoms with Crippen molar-refractivity contribution < 1.29 is 14.3 Å². The van der Waals surface area contributed by atoms with E-state index in [1.165, 1.54) is 5.56 Å². The van der Waals surface area contributed by atoms with Gasteiger partial charge in [0.05, 0.1) is 0 Å². The Hall–Kier alpha value is -1.59. The maximum Gasteiger partial charge on any atom is 0.264 e. The van der Waals surface area contributed by atoms with Crippen LogP contribution >= 0.6 is 0 Å². The molecule has 0 saturated carbocycles. The highest BCUT2D eigenvalue weighted by molar-refractivity contribution is 5.85. The Bertz CT molecular complexity index is 547. The third kappa shape index (κ3) is 4.95. The van der Waals surface area contributed by atoms with Gasteiger partial charge in [-0.1, -0.05) is 17.7 Å². The van der Waals surface area contributed by atoms with E-state index >= 15 is 0 Å². The van der Waals surface area contributed by atoms with Gasteiger partial charge in [0.15, 0.2) is 5.60 Å². The molecule has 2 aliphatic heterocycles. The molecule has 0 aliphatic carbocycles. The van der Waals surface area contributed by atoms with E-state index in [2.05, 4.69) is 10.6 Å². The van der Waals surface area contributed by atoms with Crippen molar-refractivity contribution in [3.8, 4) is 5.75 Å². The monoisotopic (exact) mass is 346 g/mol. The van der Waals surface area contributed by atoms with Crippen LogP contribution in [0.2, 0.25) is 0 Å². The van der Waals surface area contributed by atoms with Gasteiger partial charge in [0.2, 0.25) is 0 Å². The molecule has 0 bridgehead atoms. The smallest absolute Gasteiger partial charge is 0.264 e. The van der Waals surface area contributed by atoms with Crippen LogP contribution in [0.4, 0.5) is 0 Å². The second-order valence-corrected chi connectivity index (χ2v) is 7.29. The topological polar surface area (TPSA) is 59.6 Å². The Kier molecular flexibility index (Phi) is 6.32. The molecule has 2 fully saturated rings. The molecule has 0 aromatic heterocycles. The molecule has 2 saturated heterocycles. The van der Waals surface area contributed by atoms with Crippen LogP contribution in [0.25, 0.3) is 0 Å². The van der Waals surface area contributed by atoms with E-state index in [-0.39, 0.29) is 5.91 Å². The lowest BCUT2D eigenvalue weighted by Gasteiger charge is -2.36. The molecule has 25 heavy (non-hydrogen) atoms. The summed E-state index contributed by atoms with van der Waals surface area (Å²) in [6.45, 7) is 6.13. The second kappa shape index (κ2) is 8.68. The van der Waals surface area contributed by atoms with E-state index in [1.54, 1.807) is 0 Å². The van der Waals surface area contributed by atoms with Crippen molar-refractivity contribution in [3.05, 3.63) is 29.8 Å². The van der Waals surface area contributed by atoms with Gasteiger partial charge in [-0.3, -0.25) is 4.79 Å². The van der Waals surface area contributed by atoms with Crippen molar-refractivity contribution in [1.82, 2.24) is 10.6 Å². The van der Waals surface area contributed by atoms with Crippen LogP contribution in [-0.4, -0.2) is 44.4 Å². The van der Waals surface area contributed by atoms with Crippen molar-refractivity contribution in [2.75, 3.05) is 32.8 Å². The van der Waals surface area contributed by atoms with E-state index in [0.29, 0.717) is 25.3 Å². The molecular weight excluding hydrogens is 316 g/mol. The Balaban J connectivity index is 1.54. The zero-order valence-electron chi connectivity index (χ0n) is 15.2. The van der Waals surface area contributed by atoms with Gasteiger partial charge in [-0.25, -0.2) is 0 Å². The lowest BCUT2D eigenvalue weighted by Crippen LogP contribution is -2.56. The molecule has 1 aromatic carbocycles. The van der Waals surface area contributed by atoms with Crippen LogP contribution in [0, 0.1) is 12.8 Å². The highest BCUT2D eigenvalue weighted by Crippen LogP contribution is 2.27. The Morgan fingerprint density at radius 2 is 2.08 bits per heavy atom. The van der Waals surface area contributed by atoms with E-state index in [9.17, 15) is 4.79 Å². The molecule has 5 heteroatoms. The Morgan fingerprint density at radius 1 is 1.32 bits per heavy atom. The Morgan fingerprint density at radius 3 is 2.76 bits per heavy atom. The maximum atomic E-state index is 12.9. The fourth-order valence-electron chi connectivity index (χ4n) is 3.60. The number of hydrogen-bond acceptors (Lipinski definition) is 4. The number of carbonyl (C=O) groups excluding carboxylic acids is 1. The average Bonchev–Trinajstić information content (AvgIpc) is 3.15. The van der Waals surface area contributed by atoms with Crippen LogP contribution in [0.3, 0.4) is 0 Å². The van der Waals surface area contributed by atoms with Crippen molar-refractivity contribution in [1.29, 1.82) is 0 Å². The molecule has 2 aliphatic rings. The molecule has 1 atom stereocenters. The average molecular weight is 346 g/mol. The summed E-state index contributed by atoms with van der Waals surface area (Å²) < 4.78 is 11.6. The minimum atomic E-state index is -0.753. The number of benzene rings is 1. The van der Waals surface area contributed by atoms with E-state index in [0.717, 1.165) is 51.3 Å². The summed E-state index contributed by atoms with van der Waals surface area (Å²) in [6, 6.07) is 7.94. The van der Waals surface area contributed by atoms with Gasteiger partial charge < -0.3 is 20.1 Å². The molecule has 0 radical (unpaired) electrons. The van der Waals surface area contributed by atoms with Gasteiger partial charge in [0.1, 0.15) is 5.75 Å². The first-order chi connectivity index (χ1) is 12.2. The number of piperidine rings is 1. The van der Waals surface area contributed by atoms with Gasteiger partial charge in [-0.15, -0.1) is 0 Å². The van der Waals surface area contributed by atoms with Gasteiger partial charge >= 0.3 is 0 Å². The zero-order chi connectivity index (χ0) is 17.5. The zero-order valence-corrected chi connectivity index (χ0v) is 15.2. The largest absolute Gasteiger partial charge is 0.477 e. The normalized spacial score (nSPS) is 22.5. The van der Waals surface area contributed by atoms with Crippen LogP contribution in [0.5, 0.6) is 5.75 Å². The molecular formula is C20H30N2O3. The summed E-state index contributed by atoms with van der Waals surface area (Å²) in [5.74, 6) is 1.46. The summed E-state index contributed by atoms with van der Waals surface area (Å²) in [7, 11) is 0. The number of carbonyl (C=O) groups is 1. The summed E-state index contributed by atoms with van der Waals surface area (Å²) >= 11 is 0. The number of rotatable bonds is 7. The standard InChI is InChI=1S/C20H30N2O3/c1-16-4-6-18(7-5-16)25-20(9-12-21-13-10-20)19(23)22-11-2-3-17-8-14-24-15-17/h4-7,17,21H,2-3,8-15H2,1H3,(H,22,23)/t17-/m0/s1. The van der Waals surface area contributed by atoms with E-state index < -0.39 is 5.60 Å². The molecule has 1 aromatic rings. The molecule has 3 rings (SSSR count). The SMILES string of the molecule is Cc1ccc(OC2(C(=O)NCCC[C@H]3CCOC3)CCNCC2)cc1. The van der Waals surface area contributed by atoms with Gasteiger partial charge in [-0.05, 0) is 57.3 Å². The highest BCUT2D eigenvalue weighted by Gasteiger charge is 2.41. The van der Waals surface area contributed by atoms with Crippen molar-refractivity contribution in [2.45, 2.75) is 44.6 Å². The molecule has 2 heterocycles. The highest BCUT2D eigenvalue weighted by atomic mass is 16.5. The number of nitrogens with one attached hydrogen (secondary N) is 2. The number of hydrogen-bond donors (Lipinski definition) is 2. The fourth-order valence-corrected chi connectivity index (χ4v) is 3.60. The molecule has 2 N–H and O–H groups in total. The summed E-state index contributed by atoms with van der Waals surface area (Å²) in [6.07, 6.45) is 4.67. The fraction of sp³-hybridized carbons (Fsp3) is 0.650. The summed E-state index contributed by atoms with van der Waals surface area (Å²) in [4.78, 5) is 12.9. The minimum Gasteiger partial charge on any atom is -0.477 e. The predicted molar refractivity (Wildman–Crippen MR) is 97.8 cm³/mol. The number of amides is 1. The first-order valence-electron chi connectivity index (χ1n) is 9.50. The molecule has 138 valence electrons. The minimum absolute atomic E-state index is 0.0252. The van der Waals surface area contributed by atoms with Crippen LogP contribution in [0.1, 0.15) is 37.7 Å². The predicted octanol–water partition coefficient (Wildman–Crippen LogP) is 2.43. The van der Waals surface area contributed by atoms with Gasteiger partial charge in [0, 0.05) is 32.6 Å². The lowest BCUT2D eigenvalue weighted by atomic mass is 9.90. The van der Waals surface area contributed by atoms with Crippen molar-refractivity contribution >= 4 is 5.91 Å². The molecule has 5 nitrogen and oxygen atoms in total. The third-order valence-corrected chi connectivity index (χ3v) is 5.26. The van der Waals surface area contributed by atoms with Crippen molar-refractivity contribution in [2.24, 2.45) is 5.92 Å². The van der Waals surface area contributed by atoms with Crippen LogP contribution in [-0.2, 0) is 9.53 Å². The lowest BCUT2D eigenvalue weighted by molar-refractivity contribution is -0.139. The van der Waals surface area contributed by atoms with E-state index in [1.807, 2.05) is 31.2 Å². The molecule has 1 amide bonds. The summed E-state index contributed by atoms with van der Waals surface area (Å²) in [5.41, 5.74) is 0.434. The molecule has 0 unspecified atom stereocenters. The number of aryl methyl sites for hydroxylation is 1. The second-order valence-electron chi connectivity index (χ2n) is 7.29. The van der Waals surface area contributed by atoms with E-state index in [4.69, 9.17) is 9.47 Å². The quantitative estimate of drug-likeness (QED) is 0.745. The van der Waals surface area contributed by atoms with Crippen LogP contribution < -0.4 is 15.4 Å². The van der Waals surface area contributed by atoms with Crippen molar-refractivity contribution in [3.63, 3.8) is 0 Å². The maximum absolute atomic E-state index is 12.9. The first kappa shape index (κ1) is 18.2. The third-order valence-electron chi connectivity index (χ3n) is 5.26. The summed E-state index contributed by atoms with van der Waals surface area (Å²) in [5, 5.41) is 6.44. The van der Waals surface area contributed by atoms with Gasteiger partial charge in [0.25, 0.3) is 5.91 Å². The molecule has 0 spiro atoms.